The summed E-state index contributed by atoms with van der Waals surface area (Å²) in [5.74, 6) is 1.84. The quantitative estimate of drug-likeness (QED) is 0.272. The van der Waals surface area contributed by atoms with Gasteiger partial charge in [0.25, 0.3) is 0 Å². The summed E-state index contributed by atoms with van der Waals surface area (Å²) < 4.78 is 0. The average Bonchev–Trinajstić information content (AvgIpc) is 3.69. The van der Waals surface area contributed by atoms with Crippen molar-refractivity contribution in [3.05, 3.63) is 96.3 Å². The Balaban J connectivity index is 0.000000156. The van der Waals surface area contributed by atoms with Gasteiger partial charge in [0.05, 0.1) is 11.0 Å². The van der Waals surface area contributed by atoms with Crippen molar-refractivity contribution in [3.8, 4) is 0 Å². The molecule has 1 unspecified atom stereocenters. The summed E-state index contributed by atoms with van der Waals surface area (Å²) >= 11 is 0. The van der Waals surface area contributed by atoms with Gasteiger partial charge in [-0.2, -0.15) is 0 Å². The van der Waals surface area contributed by atoms with E-state index < -0.39 is 0 Å². The molecule has 0 aliphatic heterocycles. The number of fused-ring (bicyclic) bond motifs is 6. The van der Waals surface area contributed by atoms with Crippen LogP contribution in [0.3, 0.4) is 0 Å². The summed E-state index contributed by atoms with van der Waals surface area (Å²) in [6.07, 6.45) is 10.4. The fourth-order valence-electron chi connectivity index (χ4n) is 5.35. The lowest BCUT2D eigenvalue weighted by Crippen LogP contribution is -2.11. The van der Waals surface area contributed by atoms with Crippen LogP contribution in [0.1, 0.15) is 42.7 Å². The second kappa shape index (κ2) is 7.77. The maximum atomic E-state index is 4.12. The lowest BCUT2D eigenvalue weighted by molar-refractivity contribution is 0.505. The van der Waals surface area contributed by atoms with Crippen LogP contribution in [-0.4, -0.2) is 9.97 Å². The Morgan fingerprint density at radius 1 is 0.613 bits per heavy atom. The molecule has 1 aromatic heterocycles. The smallest absolute Gasteiger partial charge is 0.0886 e. The van der Waals surface area contributed by atoms with Crippen molar-refractivity contribution in [1.29, 1.82) is 0 Å². The second-order valence-electron chi connectivity index (χ2n) is 8.90. The van der Waals surface area contributed by atoms with Crippen LogP contribution in [0.4, 0.5) is 0 Å². The largest absolute Gasteiger partial charge is 0.253 e. The molecule has 0 bridgehead atoms. The van der Waals surface area contributed by atoms with E-state index in [1.807, 2.05) is 24.3 Å². The third-order valence-corrected chi connectivity index (χ3v) is 6.98. The van der Waals surface area contributed by atoms with E-state index in [9.17, 15) is 0 Å². The van der Waals surface area contributed by atoms with Crippen molar-refractivity contribution in [2.75, 3.05) is 0 Å². The monoisotopic (exact) mass is 402 g/mol. The Morgan fingerprint density at radius 2 is 1.32 bits per heavy atom. The number of rotatable bonds is 1. The predicted octanol–water partition coefficient (Wildman–Crippen LogP) is 7.45. The highest BCUT2D eigenvalue weighted by Crippen LogP contribution is 2.49. The maximum absolute atomic E-state index is 4.12. The lowest BCUT2D eigenvalue weighted by atomic mass is 9.78. The molecule has 0 radical (unpaired) electrons. The van der Waals surface area contributed by atoms with Gasteiger partial charge in [0.15, 0.2) is 0 Å². The molecule has 5 aromatic rings. The van der Waals surface area contributed by atoms with Gasteiger partial charge in [0.2, 0.25) is 0 Å². The van der Waals surface area contributed by atoms with Crippen LogP contribution >= 0.6 is 0 Å². The highest BCUT2D eigenvalue weighted by Gasteiger charge is 2.35. The summed E-state index contributed by atoms with van der Waals surface area (Å²) in [6, 6.07) is 26.1. The van der Waals surface area contributed by atoms with E-state index in [1.165, 1.54) is 53.6 Å². The fourth-order valence-corrected chi connectivity index (χ4v) is 5.35. The Hall–Kier alpha value is -3.26. The van der Waals surface area contributed by atoms with Gasteiger partial charge in [-0.1, -0.05) is 60.7 Å². The first-order valence-electron chi connectivity index (χ1n) is 11.5. The van der Waals surface area contributed by atoms with Gasteiger partial charge in [-0.15, -0.1) is 0 Å². The molecule has 2 aliphatic rings. The van der Waals surface area contributed by atoms with E-state index in [-0.39, 0.29) is 0 Å². The average molecular weight is 403 g/mol. The van der Waals surface area contributed by atoms with Gasteiger partial charge in [-0.3, -0.25) is 9.97 Å². The summed E-state index contributed by atoms with van der Waals surface area (Å²) in [7, 11) is 0. The van der Waals surface area contributed by atoms with E-state index in [0.717, 1.165) is 22.9 Å². The lowest BCUT2D eigenvalue weighted by Gasteiger charge is -2.27. The minimum absolute atomic E-state index is 0.852. The third kappa shape index (κ3) is 3.46. The first kappa shape index (κ1) is 18.5. The molecule has 152 valence electrons. The Kier molecular flexibility index (Phi) is 4.64. The third-order valence-electron chi connectivity index (χ3n) is 6.98. The summed E-state index contributed by atoms with van der Waals surface area (Å²) in [5.41, 5.74) is 5.22. The van der Waals surface area contributed by atoms with E-state index in [2.05, 4.69) is 58.5 Å². The van der Waals surface area contributed by atoms with Gasteiger partial charge >= 0.3 is 0 Å². The zero-order chi connectivity index (χ0) is 20.6. The topological polar surface area (TPSA) is 25.8 Å². The van der Waals surface area contributed by atoms with Crippen LogP contribution in [0.5, 0.6) is 0 Å². The van der Waals surface area contributed by atoms with Gasteiger partial charge in [-0.25, -0.2) is 0 Å². The van der Waals surface area contributed by atoms with Crippen molar-refractivity contribution in [2.45, 2.75) is 38.0 Å². The number of para-hydroxylation sites is 2. The normalized spacial score (nSPS) is 17.9. The Labute approximate surface area is 183 Å². The van der Waals surface area contributed by atoms with E-state index >= 15 is 0 Å². The first-order chi connectivity index (χ1) is 15.4. The zero-order valence-corrected chi connectivity index (χ0v) is 17.7. The molecule has 0 saturated heterocycles. The molecular formula is C29H26N2. The molecule has 31 heavy (non-hydrogen) atoms. The molecule has 2 heteroatoms. The number of aromatic nitrogens is 2. The van der Waals surface area contributed by atoms with E-state index in [0.29, 0.717) is 0 Å². The minimum Gasteiger partial charge on any atom is -0.253 e. The van der Waals surface area contributed by atoms with Crippen LogP contribution in [0.25, 0.3) is 32.6 Å². The van der Waals surface area contributed by atoms with Crippen LogP contribution in [0.2, 0.25) is 0 Å². The van der Waals surface area contributed by atoms with Gasteiger partial charge in [0.1, 0.15) is 0 Å². The summed E-state index contributed by atoms with van der Waals surface area (Å²) in [6.45, 7) is 0. The highest BCUT2D eigenvalue weighted by molar-refractivity contribution is 6.08. The molecule has 1 atom stereocenters. The Bertz CT molecular complexity index is 1320. The van der Waals surface area contributed by atoms with Crippen molar-refractivity contribution < 1.29 is 0 Å². The molecule has 4 aromatic carbocycles. The SMILES string of the molecule is c1ccc2c(c1)ccc1c3c(ccc12)C(C1CC1)CCC3.c1ccc2nccnc2c1. The van der Waals surface area contributed by atoms with Crippen molar-refractivity contribution in [1.82, 2.24) is 9.97 Å². The summed E-state index contributed by atoms with van der Waals surface area (Å²) in [5, 5.41) is 5.73. The van der Waals surface area contributed by atoms with E-state index in [1.54, 1.807) is 23.5 Å². The first-order valence-corrected chi connectivity index (χ1v) is 11.5. The van der Waals surface area contributed by atoms with Crippen molar-refractivity contribution in [3.63, 3.8) is 0 Å². The number of nitrogens with zero attached hydrogens (tertiary/aromatic N) is 2. The molecule has 0 N–H and O–H groups in total. The number of aryl methyl sites for hydroxylation is 1. The van der Waals surface area contributed by atoms with Crippen LogP contribution < -0.4 is 0 Å². The Morgan fingerprint density at radius 3 is 2.10 bits per heavy atom. The van der Waals surface area contributed by atoms with E-state index in [4.69, 9.17) is 0 Å². The number of benzene rings is 4. The minimum atomic E-state index is 0.852. The molecule has 1 fully saturated rings. The molecule has 1 saturated carbocycles. The van der Waals surface area contributed by atoms with Crippen molar-refractivity contribution in [2.24, 2.45) is 5.92 Å². The molecule has 0 spiro atoms. The van der Waals surface area contributed by atoms with Crippen molar-refractivity contribution >= 4 is 32.6 Å². The fraction of sp³-hybridized carbons (Fsp3) is 0.241. The second-order valence-corrected chi connectivity index (χ2v) is 8.90. The molecule has 2 aliphatic carbocycles. The number of hydrogen-bond donors (Lipinski definition) is 0. The highest BCUT2D eigenvalue weighted by atomic mass is 14.8. The molecule has 1 heterocycles. The molecule has 7 rings (SSSR count). The van der Waals surface area contributed by atoms with Crippen LogP contribution in [0.15, 0.2) is 85.2 Å². The van der Waals surface area contributed by atoms with Crippen LogP contribution in [-0.2, 0) is 6.42 Å². The predicted molar refractivity (Wildman–Crippen MR) is 129 cm³/mol. The molecule has 2 nitrogen and oxygen atoms in total. The summed E-state index contributed by atoms with van der Waals surface area (Å²) in [4.78, 5) is 8.24. The van der Waals surface area contributed by atoms with Gasteiger partial charge in [-0.05, 0) is 88.7 Å². The molecular weight excluding hydrogens is 376 g/mol. The maximum Gasteiger partial charge on any atom is 0.0886 e. The molecule has 0 amide bonds. The van der Waals surface area contributed by atoms with Gasteiger partial charge in [0, 0.05) is 12.4 Å². The zero-order valence-electron chi connectivity index (χ0n) is 17.7. The van der Waals surface area contributed by atoms with Gasteiger partial charge < -0.3 is 0 Å². The standard InChI is InChI=1S/C21H20.C8H6N2/c1-2-5-16-14(4-1)10-11-21-18-7-3-6-17(15-8-9-15)19(18)12-13-20(16)21;1-2-4-8-7(3-1)9-5-6-10-8/h1-2,4-5,10-13,15,17H,3,6-9H2;1-6H. The number of hydrogen-bond acceptors (Lipinski definition) is 2. The van der Waals surface area contributed by atoms with Crippen LogP contribution in [0, 0.1) is 5.92 Å².